The molecule has 1 amide bonds. The van der Waals surface area contributed by atoms with Crippen LogP contribution in [0, 0.1) is 0 Å². The monoisotopic (exact) mass is 444 g/mol. The summed E-state index contributed by atoms with van der Waals surface area (Å²) in [7, 11) is -3.45. The van der Waals surface area contributed by atoms with Gasteiger partial charge in [0.1, 0.15) is 4.21 Å². The second-order valence-electron chi connectivity index (χ2n) is 7.95. The Morgan fingerprint density at radius 2 is 1.93 bits per heavy atom. The van der Waals surface area contributed by atoms with Gasteiger partial charge in [0.15, 0.2) is 0 Å². The Morgan fingerprint density at radius 3 is 2.70 bits per heavy atom. The zero-order valence-electron chi connectivity index (χ0n) is 17.1. The Morgan fingerprint density at radius 1 is 1.17 bits per heavy atom. The summed E-state index contributed by atoms with van der Waals surface area (Å²) in [4.78, 5) is 15.9. The molecule has 7 heteroatoms. The molecule has 4 rings (SSSR count). The van der Waals surface area contributed by atoms with Crippen LogP contribution in [0.1, 0.15) is 47.7 Å². The molecule has 1 fully saturated rings. The Hall–Kier alpha value is -1.96. The number of fused-ring (bicyclic) bond motifs is 1. The first-order chi connectivity index (χ1) is 14.5. The maximum atomic E-state index is 13.2. The number of sulfonamides is 1. The maximum absolute atomic E-state index is 13.2. The van der Waals surface area contributed by atoms with Gasteiger partial charge in [0, 0.05) is 24.5 Å². The quantitative estimate of drug-likeness (QED) is 0.603. The van der Waals surface area contributed by atoms with Gasteiger partial charge in [-0.05, 0) is 48.9 Å². The van der Waals surface area contributed by atoms with E-state index in [0.717, 1.165) is 37.0 Å². The van der Waals surface area contributed by atoms with Crippen molar-refractivity contribution in [2.45, 2.75) is 48.8 Å². The lowest BCUT2D eigenvalue weighted by Crippen LogP contribution is -2.35. The summed E-state index contributed by atoms with van der Waals surface area (Å²) in [5.74, 6) is 0.0142. The lowest BCUT2D eigenvalue weighted by molar-refractivity contribution is -0.132. The fourth-order valence-electron chi connectivity index (χ4n) is 4.48. The molecule has 1 aromatic carbocycles. The first kappa shape index (κ1) is 21.3. The number of nitrogens with zero attached hydrogens (tertiary/aromatic N) is 2. The van der Waals surface area contributed by atoms with Gasteiger partial charge in [-0.1, -0.05) is 36.8 Å². The molecule has 0 N–H and O–H groups in total. The Balaban J connectivity index is 1.49. The first-order valence-corrected chi connectivity index (χ1v) is 12.8. The van der Waals surface area contributed by atoms with Crippen LogP contribution in [0.15, 0.2) is 53.3 Å². The van der Waals surface area contributed by atoms with Crippen LogP contribution in [-0.2, 0) is 27.7 Å². The van der Waals surface area contributed by atoms with Crippen molar-refractivity contribution in [2.75, 3.05) is 19.6 Å². The molecule has 0 radical (unpaired) electrons. The summed E-state index contributed by atoms with van der Waals surface area (Å²) in [6.45, 7) is 5.49. The number of aryl methyl sites for hydroxylation is 1. The van der Waals surface area contributed by atoms with E-state index in [1.807, 2.05) is 17.0 Å². The van der Waals surface area contributed by atoms with Crippen LogP contribution in [0.25, 0.3) is 0 Å². The van der Waals surface area contributed by atoms with Crippen molar-refractivity contribution in [3.63, 3.8) is 0 Å². The minimum absolute atomic E-state index is 0.0142. The van der Waals surface area contributed by atoms with Gasteiger partial charge in [0.25, 0.3) is 10.0 Å². The third-order valence-electron chi connectivity index (χ3n) is 6.00. The van der Waals surface area contributed by atoms with E-state index in [0.29, 0.717) is 23.8 Å². The summed E-state index contributed by atoms with van der Waals surface area (Å²) >= 11 is 1.22. The molecule has 1 saturated heterocycles. The Labute approximate surface area is 183 Å². The van der Waals surface area contributed by atoms with Crippen molar-refractivity contribution in [3.8, 4) is 0 Å². The van der Waals surface area contributed by atoms with Crippen molar-refractivity contribution in [2.24, 2.45) is 0 Å². The van der Waals surface area contributed by atoms with Gasteiger partial charge in [0.05, 0.1) is 12.5 Å². The fourth-order valence-corrected chi connectivity index (χ4v) is 7.49. The predicted octanol–water partition coefficient (Wildman–Crippen LogP) is 4.17. The molecule has 1 aliphatic heterocycles. The van der Waals surface area contributed by atoms with Crippen LogP contribution >= 0.6 is 11.3 Å². The highest BCUT2D eigenvalue weighted by Gasteiger charge is 2.31. The summed E-state index contributed by atoms with van der Waals surface area (Å²) in [5, 5.41) is 0. The first-order valence-electron chi connectivity index (χ1n) is 10.6. The van der Waals surface area contributed by atoms with Crippen molar-refractivity contribution >= 4 is 27.3 Å². The molecule has 0 spiro atoms. The normalized spacial score (nSPS) is 19.4. The number of carbonyl (C=O) groups excluding carboxylic acids is 1. The zero-order valence-corrected chi connectivity index (χ0v) is 18.8. The fraction of sp³-hybridized carbons (Fsp3) is 0.435. The van der Waals surface area contributed by atoms with E-state index in [4.69, 9.17) is 0 Å². The standard InChI is InChI=1S/C23H28N2O3S2/c1-2-14-25(21-12-10-18-8-4-5-9-20(18)21)22(26)17-19-11-13-23(29-19)30(27,28)24-15-6-3-7-16-24/h2,4-5,8-9,11,13,21H,1,3,6-7,10,12,14-17H2/t21-/m1/s1. The minimum atomic E-state index is -3.45. The average molecular weight is 445 g/mol. The molecular weight excluding hydrogens is 416 g/mol. The van der Waals surface area contributed by atoms with E-state index in [1.165, 1.54) is 22.5 Å². The third-order valence-corrected chi connectivity index (χ3v) is 9.45. The van der Waals surface area contributed by atoms with Crippen molar-refractivity contribution in [3.05, 3.63) is 65.1 Å². The van der Waals surface area contributed by atoms with E-state index < -0.39 is 10.0 Å². The van der Waals surface area contributed by atoms with Crippen LogP contribution in [-0.4, -0.2) is 43.2 Å². The molecule has 0 saturated carbocycles. The summed E-state index contributed by atoms with van der Waals surface area (Å²) in [5.41, 5.74) is 2.52. The van der Waals surface area contributed by atoms with E-state index in [1.54, 1.807) is 22.5 Å². The van der Waals surface area contributed by atoms with Gasteiger partial charge in [-0.15, -0.1) is 17.9 Å². The largest absolute Gasteiger partial charge is 0.332 e. The molecule has 2 aromatic rings. The molecule has 160 valence electrons. The molecule has 2 aliphatic rings. The Kier molecular flexibility index (Phi) is 6.41. The highest BCUT2D eigenvalue weighted by atomic mass is 32.2. The number of rotatable bonds is 7. The van der Waals surface area contributed by atoms with Crippen molar-refractivity contribution in [1.29, 1.82) is 0 Å². The van der Waals surface area contributed by atoms with Crippen LogP contribution < -0.4 is 0 Å². The van der Waals surface area contributed by atoms with Gasteiger partial charge in [0.2, 0.25) is 5.91 Å². The van der Waals surface area contributed by atoms with Crippen molar-refractivity contribution in [1.82, 2.24) is 9.21 Å². The molecule has 1 atom stereocenters. The summed E-state index contributed by atoms with van der Waals surface area (Å²) in [6.07, 6.45) is 6.77. The topological polar surface area (TPSA) is 57.7 Å². The van der Waals surface area contributed by atoms with Gasteiger partial charge in [-0.2, -0.15) is 4.31 Å². The predicted molar refractivity (Wildman–Crippen MR) is 120 cm³/mol. The molecule has 1 aliphatic carbocycles. The van der Waals surface area contributed by atoms with Gasteiger partial charge in [-0.3, -0.25) is 4.79 Å². The number of hydrogen-bond donors (Lipinski definition) is 0. The van der Waals surface area contributed by atoms with Gasteiger partial charge >= 0.3 is 0 Å². The lowest BCUT2D eigenvalue weighted by Gasteiger charge is -2.29. The highest BCUT2D eigenvalue weighted by molar-refractivity contribution is 7.91. The summed E-state index contributed by atoms with van der Waals surface area (Å²) in [6, 6.07) is 11.8. The maximum Gasteiger partial charge on any atom is 0.252 e. The Bertz CT molecular complexity index is 1020. The third kappa shape index (κ3) is 4.24. The second-order valence-corrected chi connectivity index (χ2v) is 11.3. The minimum Gasteiger partial charge on any atom is -0.332 e. The molecule has 0 unspecified atom stereocenters. The SMILES string of the molecule is C=CCN(C(=O)Cc1ccc(S(=O)(=O)N2CCCCC2)s1)[C@@H]1CCc2ccccc21. The molecular formula is C23H28N2O3S2. The van der Waals surface area contributed by atoms with Crippen LogP contribution in [0.4, 0.5) is 0 Å². The van der Waals surface area contributed by atoms with E-state index in [9.17, 15) is 13.2 Å². The van der Waals surface area contributed by atoms with Gasteiger partial charge < -0.3 is 4.90 Å². The smallest absolute Gasteiger partial charge is 0.252 e. The van der Waals surface area contributed by atoms with E-state index in [2.05, 4.69) is 18.7 Å². The average Bonchev–Trinajstić information content (AvgIpc) is 3.40. The van der Waals surface area contributed by atoms with Crippen LogP contribution in [0.2, 0.25) is 0 Å². The molecule has 2 heterocycles. The zero-order chi connectivity index (χ0) is 21.1. The summed E-state index contributed by atoms with van der Waals surface area (Å²) < 4.78 is 27.7. The number of amides is 1. The van der Waals surface area contributed by atoms with Gasteiger partial charge in [-0.25, -0.2) is 8.42 Å². The number of piperidine rings is 1. The van der Waals surface area contributed by atoms with E-state index >= 15 is 0 Å². The molecule has 1 aromatic heterocycles. The molecule has 30 heavy (non-hydrogen) atoms. The van der Waals surface area contributed by atoms with Crippen molar-refractivity contribution < 1.29 is 13.2 Å². The second kappa shape index (κ2) is 9.04. The lowest BCUT2D eigenvalue weighted by atomic mass is 10.1. The number of benzene rings is 1. The van der Waals surface area contributed by atoms with Crippen LogP contribution in [0.3, 0.4) is 0 Å². The molecule has 0 bridgehead atoms. The molecule has 5 nitrogen and oxygen atoms in total. The van der Waals surface area contributed by atoms with E-state index in [-0.39, 0.29) is 18.4 Å². The number of hydrogen-bond acceptors (Lipinski definition) is 4. The highest BCUT2D eigenvalue weighted by Crippen LogP contribution is 2.36. The number of carbonyl (C=O) groups is 1. The number of thiophene rings is 1. The van der Waals surface area contributed by atoms with Crippen LogP contribution in [0.5, 0.6) is 0 Å².